The van der Waals surface area contributed by atoms with E-state index in [9.17, 15) is 9.59 Å². The minimum atomic E-state index is -0.345. The maximum atomic E-state index is 12.9. The van der Waals surface area contributed by atoms with Crippen molar-refractivity contribution in [2.24, 2.45) is 0 Å². The van der Waals surface area contributed by atoms with E-state index < -0.39 is 0 Å². The molecule has 0 saturated carbocycles. The van der Waals surface area contributed by atoms with E-state index in [1.165, 1.54) is 9.36 Å². The molecule has 6 heteroatoms. The third kappa shape index (κ3) is 2.36. The van der Waals surface area contributed by atoms with Gasteiger partial charge in [0.1, 0.15) is 0 Å². The Hall–Kier alpha value is -3.80. The average Bonchev–Trinajstić information content (AvgIpc) is 3.12. The van der Waals surface area contributed by atoms with Crippen LogP contribution in [-0.2, 0) is 0 Å². The van der Waals surface area contributed by atoms with Gasteiger partial charge in [-0.05, 0) is 24.3 Å². The van der Waals surface area contributed by atoms with Crippen molar-refractivity contribution in [3.8, 4) is 11.4 Å². The normalized spacial score (nSPS) is 12.3. The lowest BCUT2D eigenvalue weighted by Crippen LogP contribution is -2.20. The monoisotopic (exact) mass is 344 g/mol. The predicted molar refractivity (Wildman–Crippen MR) is 101 cm³/mol. The number of hydrogen-bond donors (Lipinski definition) is 2. The number of hydrogen-bond acceptors (Lipinski definition) is 2. The van der Waals surface area contributed by atoms with Crippen molar-refractivity contribution in [1.82, 2.24) is 19.6 Å². The summed E-state index contributed by atoms with van der Waals surface area (Å²) in [5, 5.41) is 7.03. The molecule has 0 aliphatic rings. The zero-order chi connectivity index (χ0) is 18.3. The van der Waals surface area contributed by atoms with E-state index in [2.05, 4.69) is 23.4 Å². The quantitative estimate of drug-likeness (QED) is 0.563. The van der Waals surface area contributed by atoms with Gasteiger partial charge in [-0.25, -0.2) is 9.36 Å². The molecular formula is C20H16N4O2. The van der Waals surface area contributed by atoms with Gasteiger partial charge in [0.15, 0.2) is 0 Å². The highest BCUT2D eigenvalue weighted by molar-refractivity contribution is 5.32. The van der Waals surface area contributed by atoms with Crippen LogP contribution in [0.2, 0.25) is 0 Å². The molecule has 2 aromatic carbocycles. The van der Waals surface area contributed by atoms with Gasteiger partial charge in [0, 0.05) is 0 Å². The molecule has 0 amide bonds. The van der Waals surface area contributed by atoms with Gasteiger partial charge in [-0.2, -0.15) is 0 Å². The van der Waals surface area contributed by atoms with E-state index in [0.29, 0.717) is 22.1 Å². The number of aromatic nitrogens is 4. The van der Waals surface area contributed by atoms with Crippen LogP contribution >= 0.6 is 0 Å². The second-order valence-corrected chi connectivity index (χ2v) is 5.88. The maximum Gasteiger partial charge on any atom is 0.279 e. The molecule has 0 radical (unpaired) electrons. The molecule has 0 bridgehead atoms. The Morgan fingerprint density at radius 3 is 1.31 bits per heavy atom. The molecule has 6 nitrogen and oxygen atoms in total. The van der Waals surface area contributed by atoms with Gasteiger partial charge in [-0.1, -0.05) is 49.6 Å². The van der Waals surface area contributed by atoms with Crippen molar-refractivity contribution in [2.45, 2.75) is 0 Å². The summed E-state index contributed by atoms with van der Waals surface area (Å²) in [6, 6.07) is 18.2. The highest BCUT2D eigenvalue weighted by Gasteiger charge is 2.10. The second kappa shape index (κ2) is 5.93. The van der Waals surface area contributed by atoms with E-state index in [0.717, 1.165) is 0 Å². The number of benzene rings is 2. The van der Waals surface area contributed by atoms with Gasteiger partial charge in [0.05, 0.1) is 32.5 Å². The van der Waals surface area contributed by atoms with Crippen LogP contribution < -0.4 is 21.8 Å². The van der Waals surface area contributed by atoms with Crippen molar-refractivity contribution in [3.05, 3.63) is 103 Å². The lowest BCUT2D eigenvalue weighted by Gasteiger charge is -1.98. The third-order valence-electron chi connectivity index (χ3n) is 4.21. The van der Waals surface area contributed by atoms with Crippen LogP contribution in [-0.4, -0.2) is 19.6 Å². The van der Waals surface area contributed by atoms with E-state index in [1.807, 2.05) is 36.4 Å². The van der Waals surface area contributed by atoms with Gasteiger partial charge in [0.25, 0.3) is 11.1 Å². The summed E-state index contributed by atoms with van der Waals surface area (Å²) < 4.78 is 2.74. The Kier molecular flexibility index (Phi) is 3.58. The molecule has 0 aliphatic heterocycles. The van der Waals surface area contributed by atoms with E-state index in [1.54, 1.807) is 24.3 Å². The summed E-state index contributed by atoms with van der Waals surface area (Å²) in [5.41, 5.74) is 0.640. The molecule has 0 saturated heterocycles. The lowest BCUT2D eigenvalue weighted by atomic mass is 10.3. The number of aromatic amines is 2. The van der Waals surface area contributed by atoms with Crippen LogP contribution in [0.1, 0.15) is 0 Å². The average molecular weight is 344 g/mol. The summed E-state index contributed by atoms with van der Waals surface area (Å²) in [5.74, 6) is 0. The third-order valence-corrected chi connectivity index (χ3v) is 4.21. The van der Waals surface area contributed by atoms with Crippen molar-refractivity contribution < 1.29 is 0 Å². The molecule has 2 heterocycles. The fourth-order valence-corrected chi connectivity index (χ4v) is 3.00. The number of nitrogens with one attached hydrogen (secondary N) is 2. The predicted octanol–water partition coefficient (Wildman–Crippen LogP) is 0.752. The Bertz CT molecular complexity index is 1280. The molecule has 26 heavy (non-hydrogen) atoms. The van der Waals surface area contributed by atoms with Gasteiger partial charge in [-0.15, -0.1) is 0 Å². The molecule has 0 fully saturated rings. The first-order chi connectivity index (χ1) is 12.6. The van der Waals surface area contributed by atoms with Crippen molar-refractivity contribution in [2.75, 3.05) is 0 Å². The first-order valence-corrected chi connectivity index (χ1v) is 8.03. The molecule has 128 valence electrons. The van der Waals surface area contributed by atoms with Gasteiger partial charge < -0.3 is 0 Å². The first-order valence-electron chi connectivity index (χ1n) is 8.03. The number of nitrogens with zero attached hydrogens (tertiary/aromatic N) is 2. The Labute approximate surface area is 147 Å². The summed E-state index contributed by atoms with van der Waals surface area (Å²) in [6.07, 6.45) is 0. The van der Waals surface area contributed by atoms with Gasteiger partial charge in [0.2, 0.25) is 0 Å². The topological polar surface area (TPSA) is 75.6 Å². The molecule has 4 aromatic rings. The molecule has 0 atom stereocenters. The zero-order valence-electron chi connectivity index (χ0n) is 13.9. The van der Waals surface area contributed by atoms with Gasteiger partial charge in [-0.3, -0.25) is 19.8 Å². The fraction of sp³-hybridized carbons (Fsp3) is 0. The largest absolute Gasteiger partial charge is 0.291 e. The summed E-state index contributed by atoms with van der Waals surface area (Å²) in [4.78, 5) is 25.9. The number of para-hydroxylation sites is 2. The molecule has 2 N–H and O–H groups in total. The number of H-pyrrole nitrogens is 2. The minimum absolute atomic E-state index is 0.217. The van der Waals surface area contributed by atoms with Crippen LogP contribution in [0.4, 0.5) is 0 Å². The molecule has 2 aromatic heterocycles. The molecular weight excluding hydrogens is 328 g/mol. The highest BCUT2D eigenvalue weighted by Crippen LogP contribution is 2.02. The first kappa shape index (κ1) is 15.7. The Morgan fingerprint density at radius 1 is 0.615 bits per heavy atom. The summed E-state index contributed by atoms with van der Waals surface area (Å²) in [6.45, 7) is 7.80. The Morgan fingerprint density at radius 2 is 0.962 bits per heavy atom. The standard InChI is InChI=1S/C20H16N4O2/c1-13-17(19(25)23(21-13)15-9-5-3-6-10-15)18-14(2)22-24(20(18)26)16-11-7-4-8-12-16/h3-12,21-22H,1-2H2/b18-17+. The SMILES string of the molecule is C=c1[nH]n(-c2ccccc2)c(=O)/c1=c1\c(=C)[nH]n(-c2ccccc2)c1=O. The van der Waals surface area contributed by atoms with Crippen LogP contribution in [0, 0.1) is 10.4 Å². The molecule has 0 aliphatic carbocycles. The summed E-state index contributed by atoms with van der Waals surface area (Å²) in [7, 11) is 0. The summed E-state index contributed by atoms with van der Waals surface area (Å²) >= 11 is 0. The van der Waals surface area contributed by atoms with Crippen LogP contribution in [0.15, 0.2) is 70.3 Å². The molecule has 0 unspecified atom stereocenters. The lowest BCUT2D eigenvalue weighted by molar-refractivity contribution is 0.837. The highest BCUT2D eigenvalue weighted by atomic mass is 16.1. The van der Waals surface area contributed by atoms with Crippen molar-refractivity contribution in [3.63, 3.8) is 0 Å². The minimum Gasteiger partial charge on any atom is -0.291 e. The Balaban J connectivity index is 2.13. The van der Waals surface area contributed by atoms with Crippen molar-refractivity contribution >= 4 is 13.2 Å². The number of rotatable bonds is 2. The zero-order valence-corrected chi connectivity index (χ0v) is 13.9. The van der Waals surface area contributed by atoms with Crippen LogP contribution in [0.25, 0.3) is 24.5 Å². The smallest absolute Gasteiger partial charge is 0.279 e. The fourth-order valence-electron chi connectivity index (χ4n) is 3.00. The van der Waals surface area contributed by atoms with E-state index in [-0.39, 0.29) is 21.6 Å². The maximum absolute atomic E-state index is 12.9. The van der Waals surface area contributed by atoms with Crippen LogP contribution in [0.5, 0.6) is 0 Å². The molecule has 0 spiro atoms. The second-order valence-electron chi connectivity index (χ2n) is 5.88. The van der Waals surface area contributed by atoms with Crippen LogP contribution in [0.3, 0.4) is 0 Å². The molecule has 4 rings (SSSR count). The van der Waals surface area contributed by atoms with Gasteiger partial charge >= 0.3 is 0 Å². The van der Waals surface area contributed by atoms with E-state index in [4.69, 9.17) is 0 Å². The van der Waals surface area contributed by atoms with E-state index >= 15 is 0 Å². The van der Waals surface area contributed by atoms with Crippen molar-refractivity contribution in [1.29, 1.82) is 0 Å².